The molecule has 5 nitrogen and oxygen atoms in total. The molecule has 0 unspecified atom stereocenters. The van der Waals surface area contributed by atoms with Gasteiger partial charge in [-0.25, -0.2) is 0 Å². The molecule has 1 fully saturated rings. The van der Waals surface area contributed by atoms with E-state index in [9.17, 15) is 14.7 Å². The normalized spacial score (nSPS) is 37.9. The summed E-state index contributed by atoms with van der Waals surface area (Å²) in [5.41, 5.74) is 1.27. The number of esters is 2. The Hall–Kier alpha value is -1.62. The monoisotopic (exact) mass is 404 g/mol. The van der Waals surface area contributed by atoms with Gasteiger partial charge in [-0.2, -0.15) is 0 Å². The number of carbonyl (C=O) groups is 2. The number of ether oxygens (including phenoxy) is 2. The molecule has 162 valence electrons. The van der Waals surface area contributed by atoms with Crippen molar-refractivity contribution in [3.05, 3.63) is 23.8 Å². The molecular formula is C24H36O5. The number of aliphatic hydroxyl groups excluding tert-OH is 1. The second-order valence-electron chi connectivity index (χ2n) is 9.36. The maximum Gasteiger partial charge on any atom is 0.308 e. The van der Waals surface area contributed by atoms with Crippen LogP contribution in [0.1, 0.15) is 66.2 Å². The summed E-state index contributed by atoms with van der Waals surface area (Å²) >= 11 is 0. The van der Waals surface area contributed by atoms with Crippen molar-refractivity contribution in [2.45, 2.75) is 84.5 Å². The van der Waals surface area contributed by atoms with Gasteiger partial charge < -0.3 is 14.6 Å². The van der Waals surface area contributed by atoms with E-state index in [4.69, 9.17) is 9.47 Å². The number of hydrogen-bond donors (Lipinski definition) is 1. The molecule has 0 saturated carbocycles. The summed E-state index contributed by atoms with van der Waals surface area (Å²) in [6.45, 7) is 8.33. The van der Waals surface area contributed by atoms with Gasteiger partial charge in [0, 0.05) is 12.3 Å². The number of hydrogen-bond acceptors (Lipinski definition) is 5. The van der Waals surface area contributed by atoms with Crippen LogP contribution in [-0.4, -0.2) is 35.4 Å². The van der Waals surface area contributed by atoms with Crippen LogP contribution in [0.4, 0.5) is 0 Å². The number of fused-ring (bicyclic) bond motifs is 1. The van der Waals surface area contributed by atoms with Gasteiger partial charge in [0.1, 0.15) is 12.2 Å². The van der Waals surface area contributed by atoms with E-state index in [1.807, 2.05) is 13.8 Å². The smallest absolute Gasteiger partial charge is 0.308 e. The molecule has 0 aromatic carbocycles. The van der Waals surface area contributed by atoms with Crippen molar-refractivity contribution in [3.8, 4) is 0 Å². The second kappa shape index (κ2) is 9.46. The Morgan fingerprint density at radius 3 is 2.76 bits per heavy atom. The minimum atomic E-state index is -0.597. The Kier molecular flexibility index (Phi) is 7.20. The summed E-state index contributed by atoms with van der Waals surface area (Å²) in [6, 6.07) is 0. The van der Waals surface area contributed by atoms with Gasteiger partial charge in [0.2, 0.25) is 0 Å². The average molecular weight is 405 g/mol. The molecule has 3 aliphatic rings. The summed E-state index contributed by atoms with van der Waals surface area (Å²) in [7, 11) is 0. The zero-order valence-electron chi connectivity index (χ0n) is 18.2. The molecule has 0 bridgehead atoms. The predicted octanol–water partition coefficient (Wildman–Crippen LogP) is 4.20. The van der Waals surface area contributed by atoms with Crippen molar-refractivity contribution in [1.82, 2.24) is 0 Å². The van der Waals surface area contributed by atoms with Gasteiger partial charge in [-0.3, -0.25) is 9.59 Å². The van der Waals surface area contributed by atoms with E-state index < -0.39 is 6.10 Å². The third-order valence-electron chi connectivity index (χ3n) is 6.93. The summed E-state index contributed by atoms with van der Waals surface area (Å²) in [5.74, 6) is 0.755. The van der Waals surface area contributed by atoms with Crippen molar-refractivity contribution in [3.63, 3.8) is 0 Å². The lowest BCUT2D eigenvalue weighted by Gasteiger charge is -2.43. The number of allylic oxidation sites excluding steroid dienone is 3. The highest BCUT2D eigenvalue weighted by atomic mass is 16.5. The molecule has 1 aliphatic heterocycles. The number of carbonyl (C=O) groups excluding carboxylic acids is 2. The molecule has 3 rings (SSSR count). The fourth-order valence-corrected chi connectivity index (χ4v) is 5.07. The van der Waals surface area contributed by atoms with E-state index in [0.29, 0.717) is 24.2 Å². The fraction of sp³-hybridized carbons (Fsp3) is 0.750. The van der Waals surface area contributed by atoms with Crippen LogP contribution in [0, 0.1) is 29.6 Å². The lowest BCUT2D eigenvalue weighted by Crippen LogP contribution is -2.42. The first-order valence-electron chi connectivity index (χ1n) is 11.3. The van der Waals surface area contributed by atoms with Gasteiger partial charge in [-0.15, -0.1) is 0 Å². The maximum absolute atomic E-state index is 12.5. The Balaban J connectivity index is 1.74. The zero-order chi connectivity index (χ0) is 21.1. The van der Waals surface area contributed by atoms with Crippen LogP contribution in [0.2, 0.25) is 0 Å². The van der Waals surface area contributed by atoms with Crippen molar-refractivity contribution in [1.29, 1.82) is 0 Å². The van der Waals surface area contributed by atoms with E-state index in [-0.39, 0.29) is 42.4 Å². The first-order chi connectivity index (χ1) is 13.8. The number of cyclic esters (lactones) is 1. The molecule has 8 atom stereocenters. The van der Waals surface area contributed by atoms with Gasteiger partial charge in [-0.05, 0) is 49.0 Å². The first kappa shape index (κ1) is 22.1. The largest absolute Gasteiger partial charge is 0.462 e. The van der Waals surface area contributed by atoms with Crippen LogP contribution in [0.25, 0.3) is 0 Å². The van der Waals surface area contributed by atoms with Crippen LogP contribution in [-0.2, 0) is 19.1 Å². The Morgan fingerprint density at radius 2 is 2.07 bits per heavy atom. The predicted molar refractivity (Wildman–Crippen MR) is 111 cm³/mol. The van der Waals surface area contributed by atoms with Crippen molar-refractivity contribution in [2.75, 3.05) is 0 Å². The van der Waals surface area contributed by atoms with Crippen molar-refractivity contribution >= 4 is 11.9 Å². The summed E-state index contributed by atoms with van der Waals surface area (Å²) < 4.78 is 11.5. The molecule has 1 saturated heterocycles. The molecule has 0 aromatic rings. The van der Waals surface area contributed by atoms with Crippen molar-refractivity contribution < 1.29 is 24.2 Å². The Bertz CT molecular complexity index is 666. The average Bonchev–Trinajstić information content (AvgIpc) is 2.65. The van der Waals surface area contributed by atoms with Crippen LogP contribution in [0.5, 0.6) is 0 Å². The Morgan fingerprint density at radius 1 is 1.31 bits per heavy atom. The molecular weight excluding hydrogens is 368 g/mol. The highest BCUT2D eigenvalue weighted by Gasteiger charge is 2.42. The molecule has 0 spiro atoms. The molecule has 5 heteroatoms. The maximum atomic E-state index is 12.5. The third kappa shape index (κ3) is 5.30. The molecule has 1 heterocycles. The van der Waals surface area contributed by atoms with E-state index in [0.717, 1.165) is 25.7 Å². The van der Waals surface area contributed by atoms with Gasteiger partial charge >= 0.3 is 11.9 Å². The summed E-state index contributed by atoms with van der Waals surface area (Å²) in [4.78, 5) is 24.2. The lowest BCUT2D eigenvalue weighted by molar-refractivity contribution is -0.162. The van der Waals surface area contributed by atoms with Gasteiger partial charge in [0.05, 0.1) is 18.4 Å². The molecule has 2 aliphatic carbocycles. The SMILES string of the molecule is CC[C@H](C)C(=O)O[C@@H]1C[C@@H](C)C=C2C=C[C@H](C)[C@H](CC[C@@H]3C[C@H](O)CC(=O)O3)[C@H]21. The summed E-state index contributed by atoms with van der Waals surface area (Å²) in [5, 5.41) is 9.89. The van der Waals surface area contributed by atoms with E-state index in [1.165, 1.54) is 5.57 Å². The molecule has 0 aromatic heterocycles. The van der Waals surface area contributed by atoms with Crippen LogP contribution < -0.4 is 0 Å². The highest BCUT2D eigenvalue weighted by molar-refractivity contribution is 5.72. The minimum Gasteiger partial charge on any atom is -0.462 e. The zero-order valence-corrected chi connectivity index (χ0v) is 18.2. The second-order valence-corrected chi connectivity index (χ2v) is 9.36. The van der Waals surface area contributed by atoms with E-state index in [1.54, 1.807) is 0 Å². The quantitative estimate of drug-likeness (QED) is 0.672. The first-order valence-corrected chi connectivity index (χ1v) is 11.3. The van der Waals surface area contributed by atoms with Crippen molar-refractivity contribution in [2.24, 2.45) is 29.6 Å². The van der Waals surface area contributed by atoms with Crippen LogP contribution in [0.3, 0.4) is 0 Å². The third-order valence-corrected chi connectivity index (χ3v) is 6.93. The molecule has 0 radical (unpaired) electrons. The number of rotatable bonds is 6. The lowest BCUT2D eigenvalue weighted by atomic mass is 9.65. The number of aliphatic hydroxyl groups is 1. The fourth-order valence-electron chi connectivity index (χ4n) is 5.07. The minimum absolute atomic E-state index is 0.0854. The van der Waals surface area contributed by atoms with Gasteiger partial charge in [0.25, 0.3) is 0 Å². The molecule has 29 heavy (non-hydrogen) atoms. The highest BCUT2D eigenvalue weighted by Crippen LogP contribution is 2.45. The molecule has 0 amide bonds. The van der Waals surface area contributed by atoms with Crippen LogP contribution >= 0.6 is 0 Å². The summed E-state index contributed by atoms with van der Waals surface area (Å²) in [6.07, 6.45) is 9.70. The van der Waals surface area contributed by atoms with Gasteiger partial charge in [-0.1, -0.05) is 45.9 Å². The van der Waals surface area contributed by atoms with E-state index >= 15 is 0 Å². The standard InChI is InChI=1S/C24H36O5/c1-5-15(3)24(27)29-21-11-14(2)10-17-7-6-16(4)20(23(17)21)9-8-19-12-18(25)13-22(26)28-19/h6-7,10,14-16,18-21,23,25H,5,8-9,11-13H2,1-4H3/t14-,15-,16-,18-,19+,20-,21+,23-/m0/s1. The van der Waals surface area contributed by atoms with Crippen LogP contribution in [0.15, 0.2) is 23.8 Å². The Labute approximate surface area is 174 Å². The van der Waals surface area contributed by atoms with Gasteiger partial charge in [0.15, 0.2) is 0 Å². The molecule has 1 N–H and O–H groups in total. The topological polar surface area (TPSA) is 72.8 Å². The van der Waals surface area contributed by atoms with E-state index in [2.05, 4.69) is 32.1 Å².